The Hall–Kier alpha value is -2.85. The summed E-state index contributed by atoms with van der Waals surface area (Å²) in [6, 6.07) is 14.1. The van der Waals surface area contributed by atoms with Crippen molar-refractivity contribution in [1.82, 2.24) is 15.5 Å². The summed E-state index contributed by atoms with van der Waals surface area (Å²) in [6.07, 6.45) is 1.09. The van der Waals surface area contributed by atoms with E-state index in [1.54, 1.807) is 37.3 Å². The van der Waals surface area contributed by atoms with Gasteiger partial charge in [-0.1, -0.05) is 29.4 Å². The third-order valence-electron chi connectivity index (χ3n) is 3.74. The molecular formula is C19H20N4O4S2. The van der Waals surface area contributed by atoms with Crippen molar-refractivity contribution in [2.24, 2.45) is 0 Å². The minimum absolute atomic E-state index is 0.223. The Morgan fingerprint density at radius 1 is 1.17 bits per heavy atom. The second-order valence-corrected chi connectivity index (χ2v) is 9.04. The molecule has 0 unspecified atom stereocenters. The summed E-state index contributed by atoms with van der Waals surface area (Å²) in [5.74, 6) is 1.33. The Balaban J connectivity index is 1.64. The van der Waals surface area contributed by atoms with Gasteiger partial charge in [0.25, 0.3) is 5.91 Å². The van der Waals surface area contributed by atoms with Crippen LogP contribution in [0.2, 0.25) is 0 Å². The average Bonchev–Trinajstić information content (AvgIpc) is 3.09. The first kappa shape index (κ1) is 20.9. The Labute approximate surface area is 173 Å². The molecule has 0 aliphatic rings. The van der Waals surface area contributed by atoms with Crippen LogP contribution in [0.5, 0.6) is 0 Å². The maximum atomic E-state index is 12.7. The SMILES string of the molecule is Cc1nc(CSc2ccccc2C(=O)NCc2cccc(NS(C)(=O)=O)c2)no1. The number of nitrogens with one attached hydrogen (secondary N) is 2. The van der Waals surface area contributed by atoms with Crippen LogP contribution in [0, 0.1) is 6.92 Å². The van der Waals surface area contributed by atoms with Gasteiger partial charge in [-0.3, -0.25) is 9.52 Å². The summed E-state index contributed by atoms with van der Waals surface area (Å²) in [6.45, 7) is 1.99. The summed E-state index contributed by atoms with van der Waals surface area (Å²) >= 11 is 1.45. The zero-order valence-electron chi connectivity index (χ0n) is 15.9. The fourth-order valence-corrected chi connectivity index (χ4v) is 4.01. The lowest BCUT2D eigenvalue weighted by molar-refractivity contribution is 0.0948. The predicted octanol–water partition coefficient (Wildman–Crippen LogP) is 2.97. The number of carbonyl (C=O) groups excluding carboxylic acids is 1. The quantitative estimate of drug-likeness (QED) is 0.526. The van der Waals surface area contributed by atoms with Crippen LogP contribution >= 0.6 is 11.8 Å². The van der Waals surface area contributed by atoms with Crippen LogP contribution in [0.1, 0.15) is 27.6 Å². The number of aromatic nitrogens is 2. The summed E-state index contributed by atoms with van der Waals surface area (Å²) in [5.41, 5.74) is 1.77. The Kier molecular flexibility index (Phi) is 6.55. The smallest absolute Gasteiger partial charge is 0.252 e. The number of benzene rings is 2. The van der Waals surface area contributed by atoms with E-state index in [0.717, 1.165) is 16.7 Å². The van der Waals surface area contributed by atoms with E-state index in [2.05, 4.69) is 20.2 Å². The van der Waals surface area contributed by atoms with Gasteiger partial charge in [-0.05, 0) is 29.8 Å². The molecule has 0 radical (unpaired) electrons. The number of hydrogen-bond donors (Lipinski definition) is 2. The van der Waals surface area contributed by atoms with Gasteiger partial charge in [0, 0.05) is 24.1 Å². The number of aryl methyl sites for hydroxylation is 1. The van der Waals surface area contributed by atoms with Crippen molar-refractivity contribution in [3.63, 3.8) is 0 Å². The second-order valence-electron chi connectivity index (χ2n) is 6.27. The highest BCUT2D eigenvalue weighted by Gasteiger charge is 2.13. The minimum Gasteiger partial charge on any atom is -0.348 e. The predicted molar refractivity (Wildman–Crippen MR) is 111 cm³/mol. The number of rotatable bonds is 8. The van der Waals surface area contributed by atoms with Crippen molar-refractivity contribution in [3.8, 4) is 0 Å². The van der Waals surface area contributed by atoms with Crippen LogP contribution < -0.4 is 10.0 Å². The van der Waals surface area contributed by atoms with E-state index in [9.17, 15) is 13.2 Å². The largest absolute Gasteiger partial charge is 0.348 e. The number of thioether (sulfide) groups is 1. The normalized spacial score (nSPS) is 11.2. The molecule has 0 aliphatic heterocycles. The molecule has 3 rings (SSSR count). The first-order chi connectivity index (χ1) is 13.8. The van der Waals surface area contributed by atoms with Crippen molar-refractivity contribution in [1.29, 1.82) is 0 Å². The standard InChI is InChI=1S/C19H20N4O4S2/c1-13-21-18(22-27-13)12-28-17-9-4-3-8-16(17)19(24)20-11-14-6-5-7-15(10-14)23-29(2,25)26/h3-10,23H,11-12H2,1-2H3,(H,20,24). The van der Waals surface area contributed by atoms with Gasteiger partial charge < -0.3 is 9.84 Å². The molecule has 0 aliphatic carbocycles. The number of carbonyl (C=O) groups is 1. The Bertz CT molecular complexity index is 1110. The molecule has 8 nitrogen and oxygen atoms in total. The molecule has 2 N–H and O–H groups in total. The van der Waals surface area contributed by atoms with Crippen LogP contribution in [0.3, 0.4) is 0 Å². The second kappa shape index (κ2) is 9.10. The van der Waals surface area contributed by atoms with Crippen LogP contribution in [0.15, 0.2) is 57.9 Å². The number of hydrogen-bond acceptors (Lipinski definition) is 7. The number of anilines is 1. The molecule has 10 heteroatoms. The summed E-state index contributed by atoms with van der Waals surface area (Å²) in [5, 5.41) is 6.73. The maximum Gasteiger partial charge on any atom is 0.252 e. The van der Waals surface area contributed by atoms with Gasteiger partial charge in [-0.2, -0.15) is 4.98 Å². The molecule has 0 saturated heterocycles. The van der Waals surface area contributed by atoms with E-state index < -0.39 is 10.0 Å². The minimum atomic E-state index is -3.36. The lowest BCUT2D eigenvalue weighted by atomic mass is 10.2. The molecule has 1 heterocycles. The molecule has 1 aromatic heterocycles. The summed E-state index contributed by atoms with van der Waals surface area (Å²) < 4.78 is 30.1. The maximum absolute atomic E-state index is 12.7. The average molecular weight is 433 g/mol. The molecule has 29 heavy (non-hydrogen) atoms. The summed E-state index contributed by atoms with van der Waals surface area (Å²) in [4.78, 5) is 17.6. The zero-order valence-corrected chi connectivity index (χ0v) is 17.5. The molecule has 0 atom stereocenters. The highest BCUT2D eigenvalue weighted by Crippen LogP contribution is 2.25. The number of amides is 1. The van der Waals surface area contributed by atoms with Crippen molar-refractivity contribution in [3.05, 3.63) is 71.4 Å². The topological polar surface area (TPSA) is 114 Å². The van der Waals surface area contributed by atoms with Crippen LogP contribution in [0.25, 0.3) is 0 Å². The van der Waals surface area contributed by atoms with E-state index in [4.69, 9.17) is 4.52 Å². The molecule has 1 amide bonds. The van der Waals surface area contributed by atoms with Crippen molar-refractivity contribution >= 4 is 33.4 Å². The molecule has 3 aromatic rings. The van der Waals surface area contributed by atoms with Crippen molar-refractivity contribution in [2.75, 3.05) is 11.0 Å². The van der Waals surface area contributed by atoms with Gasteiger partial charge in [-0.15, -0.1) is 11.8 Å². The molecule has 152 valence electrons. The highest BCUT2D eigenvalue weighted by molar-refractivity contribution is 7.98. The van der Waals surface area contributed by atoms with Crippen LogP contribution in [-0.2, 0) is 22.3 Å². The monoisotopic (exact) mass is 432 g/mol. The Morgan fingerprint density at radius 3 is 2.69 bits per heavy atom. The van der Waals surface area contributed by atoms with Gasteiger partial charge in [0.2, 0.25) is 15.9 Å². The van der Waals surface area contributed by atoms with E-state index in [1.165, 1.54) is 11.8 Å². The van der Waals surface area contributed by atoms with Gasteiger partial charge in [0.05, 0.1) is 17.6 Å². The van der Waals surface area contributed by atoms with Crippen LogP contribution in [-0.4, -0.2) is 30.7 Å². The zero-order chi connectivity index (χ0) is 20.9. The molecule has 0 bridgehead atoms. The third-order valence-corrected chi connectivity index (χ3v) is 5.42. The molecule has 0 saturated carbocycles. The lowest BCUT2D eigenvalue weighted by Crippen LogP contribution is -2.23. The van der Waals surface area contributed by atoms with Gasteiger partial charge in [-0.25, -0.2) is 8.42 Å². The number of nitrogens with zero attached hydrogens (tertiary/aromatic N) is 2. The first-order valence-electron chi connectivity index (χ1n) is 8.66. The van der Waals surface area contributed by atoms with E-state index >= 15 is 0 Å². The third kappa shape index (κ3) is 6.33. The van der Waals surface area contributed by atoms with E-state index in [-0.39, 0.29) is 12.5 Å². The molecule has 0 spiro atoms. The van der Waals surface area contributed by atoms with E-state index in [1.807, 2.05) is 18.2 Å². The lowest BCUT2D eigenvalue weighted by Gasteiger charge is -2.10. The van der Waals surface area contributed by atoms with Crippen molar-refractivity contribution in [2.45, 2.75) is 24.1 Å². The molecular weight excluding hydrogens is 412 g/mol. The molecule has 0 fully saturated rings. The summed E-state index contributed by atoms with van der Waals surface area (Å²) in [7, 11) is -3.36. The van der Waals surface area contributed by atoms with Crippen LogP contribution in [0.4, 0.5) is 5.69 Å². The fourth-order valence-electron chi connectivity index (χ4n) is 2.56. The fraction of sp³-hybridized carbons (Fsp3) is 0.211. The van der Waals surface area contributed by atoms with Crippen molar-refractivity contribution < 1.29 is 17.7 Å². The van der Waals surface area contributed by atoms with E-state index in [0.29, 0.717) is 28.7 Å². The molecule has 2 aromatic carbocycles. The number of sulfonamides is 1. The van der Waals surface area contributed by atoms with Gasteiger partial charge in [0.1, 0.15) is 0 Å². The van der Waals surface area contributed by atoms with Gasteiger partial charge >= 0.3 is 0 Å². The Morgan fingerprint density at radius 2 is 1.97 bits per heavy atom. The van der Waals surface area contributed by atoms with Gasteiger partial charge in [0.15, 0.2) is 5.82 Å². The highest BCUT2D eigenvalue weighted by atomic mass is 32.2. The first-order valence-corrected chi connectivity index (χ1v) is 11.5.